The third-order valence-corrected chi connectivity index (χ3v) is 3.10. The van der Waals surface area contributed by atoms with E-state index >= 15 is 0 Å². The predicted octanol–water partition coefficient (Wildman–Crippen LogP) is 3.44. The van der Waals surface area contributed by atoms with Gasteiger partial charge in [0, 0.05) is 12.1 Å². The number of nitrogens with zero attached hydrogens (tertiary/aromatic N) is 3. The highest BCUT2D eigenvalue weighted by Gasteiger charge is 2.09. The number of hydrogen-bond donors (Lipinski definition) is 0. The first-order chi connectivity index (χ1) is 8.15. The molecule has 0 atom stereocenters. The summed E-state index contributed by atoms with van der Waals surface area (Å²) in [7, 11) is 0. The fraction of sp³-hybridized carbons (Fsp3) is 0.167. The van der Waals surface area contributed by atoms with Crippen LogP contribution in [-0.4, -0.2) is 9.78 Å². The van der Waals surface area contributed by atoms with Crippen molar-refractivity contribution in [2.45, 2.75) is 12.8 Å². The van der Waals surface area contributed by atoms with Gasteiger partial charge in [-0.3, -0.25) is 0 Å². The molecule has 1 heterocycles. The van der Waals surface area contributed by atoms with E-state index in [2.05, 4.69) is 11.2 Å². The van der Waals surface area contributed by atoms with Crippen LogP contribution >= 0.6 is 23.2 Å². The molecule has 3 nitrogen and oxygen atoms in total. The molecule has 0 bridgehead atoms. The van der Waals surface area contributed by atoms with Crippen LogP contribution in [-0.2, 0) is 5.88 Å². The third kappa shape index (κ3) is 2.28. The lowest BCUT2D eigenvalue weighted by Gasteiger charge is -2.05. The molecule has 0 aliphatic heterocycles. The molecule has 1 aromatic heterocycles. The quantitative estimate of drug-likeness (QED) is 0.781. The molecule has 0 spiro atoms. The summed E-state index contributed by atoms with van der Waals surface area (Å²) < 4.78 is 1.61. The Bertz CT molecular complexity index is 577. The van der Waals surface area contributed by atoms with Crippen LogP contribution in [0.3, 0.4) is 0 Å². The lowest BCUT2D eigenvalue weighted by molar-refractivity contribution is 0.859. The van der Waals surface area contributed by atoms with Crippen molar-refractivity contribution in [2.75, 3.05) is 0 Å². The van der Waals surface area contributed by atoms with Crippen LogP contribution in [0.15, 0.2) is 24.4 Å². The maximum atomic E-state index is 9.11. The number of rotatable bonds is 2. The maximum absolute atomic E-state index is 9.11. The number of alkyl halides is 1. The zero-order valence-electron chi connectivity index (χ0n) is 9.11. The summed E-state index contributed by atoms with van der Waals surface area (Å²) >= 11 is 11.7. The van der Waals surface area contributed by atoms with E-state index in [4.69, 9.17) is 28.5 Å². The van der Waals surface area contributed by atoms with Gasteiger partial charge in [0.15, 0.2) is 0 Å². The van der Waals surface area contributed by atoms with E-state index in [1.165, 1.54) is 0 Å². The molecule has 1 aromatic carbocycles. The highest BCUT2D eigenvalue weighted by Crippen LogP contribution is 2.20. The molecule has 0 amide bonds. The van der Waals surface area contributed by atoms with Gasteiger partial charge in [-0.1, -0.05) is 17.7 Å². The van der Waals surface area contributed by atoms with Crippen molar-refractivity contribution in [1.29, 1.82) is 5.26 Å². The summed E-state index contributed by atoms with van der Waals surface area (Å²) in [4.78, 5) is 0. The Morgan fingerprint density at radius 3 is 2.76 bits per heavy atom. The molecule has 86 valence electrons. The molecule has 0 aliphatic carbocycles. The fourth-order valence-electron chi connectivity index (χ4n) is 1.52. The van der Waals surface area contributed by atoms with Gasteiger partial charge in [0.25, 0.3) is 0 Å². The lowest BCUT2D eigenvalue weighted by atomic mass is 10.1. The van der Waals surface area contributed by atoms with Gasteiger partial charge in [0.05, 0.1) is 22.0 Å². The van der Waals surface area contributed by atoms with Crippen LogP contribution in [0.4, 0.5) is 0 Å². The molecule has 2 aromatic rings. The Hall–Kier alpha value is -1.50. The van der Waals surface area contributed by atoms with E-state index < -0.39 is 0 Å². The first kappa shape index (κ1) is 12.0. The Morgan fingerprint density at radius 2 is 2.24 bits per heavy atom. The van der Waals surface area contributed by atoms with Crippen molar-refractivity contribution in [2.24, 2.45) is 0 Å². The van der Waals surface area contributed by atoms with Gasteiger partial charge in [-0.2, -0.15) is 10.4 Å². The number of halogens is 2. The average molecular weight is 266 g/mol. The molecule has 0 radical (unpaired) electrons. The minimum atomic E-state index is 0.383. The van der Waals surface area contributed by atoms with Crippen molar-refractivity contribution in [3.05, 3.63) is 46.2 Å². The highest BCUT2D eigenvalue weighted by molar-refractivity contribution is 6.31. The molecule has 0 fully saturated rings. The normalized spacial score (nSPS) is 10.2. The smallest absolute Gasteiger partial charge is 0.101 e. The summed E-state index contributed by atoms with van der Waals surface area (Å²) in [6, 6.07) is 7.58. The fourth-order valence-corrected chi connectivity index (χ4v) is 1.81. The molecular weight excluding hydrogens is 257 g/mol. The van der Waals surface area contributed by atoms with Crippen molar-refractivity contribution >= 4 is 23.2 Å². The molecule has 0 unspecified atom stereocenters. The zero-order chi connectivity index (χ0) is 12.4. The van der Waals surface area contributed by atoms with Crippen LogP contribution < -0.4 is 0 Å². The van der Waals surface area contributed by atoms with Crippen LogP contribution in [0.25, 0.3) is 5.69 Å². The van der Waals surface area contributed by atoms with E-state index in [9.17, 15) is 0 Å². The van der Waals surface area contributed by atoms with Crippen molar-refractivity contribution in [3.63, 3.8) is 0 Å². The minimum Gasteiger partial charge on any atom is -0.238 e. The average Bonchev–Trinajstić information content (AvgIpc) is 2.68. The Labute approximate surface area is 109 Å². The Balaban J connectivity index is 2.56. The highest BCUT2D eigenvalue weighted by atomic mass is 35.5. The molecule has 5 heteroatoms. The molecule has 0 aliphatic rings. The Morgan fingerprint density at radius 1 is 1.47 bits per heavy atom. The summed E-state index contributed by atoms with van der Waals surface area (Å²) in [5.74, 6) is 0.383. The molecule has 0 N–H and O–H groups in total. The number of benzene rings is 1. The van der Waals surface area contributed by atoms with E-state index in [-0.39, 0.29) is 0 Å². The van der Waals surface area contributed by atoms with Crippen molar-refractivity contribution in [1.82, 2.24) is 9.78 Å². The van der Waals surface area contributed by atoms with Gasteiger partial charge >= 0.3 is 0 Å². The van der Waals surface area contributed by atoms with E-state index in [0.717, 1.165) is 11.3 Å². The lowest BCUT2D eigenvalue weighted by Crippen LogP contribution is -1.99. The van der Waals surface area contributed by atoms with E-state index in [0.29, 0.717) is 22.2 Å². The van der Waals surface area contributed by atoms with Gasteiger partial charge in [-0.05, 0) is 24.6 Å². The second kappa shape index (κ2) is 4.79. The summed E-state index contributed by atoms with van der Waals surface area (Å²) in [6.45, 7) is 1.82. The zero-order valence-corrected chi connectivity index (χ0v) is 10.6. The van der Waals surface area contributed by atoms with Crippen molar-refractivity contribution in [3.8, 4) is 11.8 Å². The third-order valence-electron chi connectivity index (χ3n) is 2.42. The molecule has 2 rings (SSSR count). The molecule has 17 heavy (non-hydrogen) atoms. The largest absolute Gasteiger partial charge is 0.238 e. The summed E-state index contributed by atoms with van der Waals surface area (Å²) in [5, 5.41) is 13.9. The SMILES string of the molecule is Cc1nn(-c2ccc(CCl)cc2C#N)cc1Cl. The first-order valence-corrected chi connectivity index (χ1v) is 5.88. The maximum Gasteiger partial charge on any atom is 0.101 e. The van der Waals surface area contributed by atoms with Gasteiger partial charge < -0.3 is 0 Å². The topological polar surface area (TPSA) is 41.6 Å². The van der Waals surface area contributed by atoms with Crippen LogP contribution in [0.5, 0.6) is 0 Å². The number of aromatic nitrogens is 2. The minimum absolute atomic E-state index is 0.383. The molecule has 0 saturated heterocycles. The second-order valence-electron chi connectivity index (χ2n) is 3.60. The van der Waals surface area contributed by atoms with Crippen LogP contribution in [0.1, 0.15) is 16.8 Å². The standard InChI is InChI=1S/C12H9Cl2N3/c1-8-11(14)7-17(16-8)12-3-2-9(5-13)4-10(12)6-15/h2-4,7H,5H2,1H3. The Kier molecular flexibility index (Phi) is 3.37. The molecule has 0 saturated carbocycles. The van der Waals surface area contributed by atoms with E-state index in [1.54, 1.807) is 16.9 Å². The summed E-state index contributed by atoms with van der Waals surface area (Å²) in [6.07, 6.45) is 1.69. The number of hydrogen-bond acceptors (Lipinski definition) is 2. The van der Waals surface area contributed by atoms with E-state index in [1.807, 2.05) is 19.1 Å². The van der Waals surface area contributed by atoms with Gasteiger partial charge in [-0.25, -0.2) is 4.68 Å². The van der Waals surface area contributed by atoms with Gasteiger partial charge in [0.1, 0.15) is 6.07 Å². The number of nitriles is 1. The first-order valence-electron chi connectivity index (χ1n) is 4.97. The summed E-state index contributed by atoms with van der Waals surface area (Å²) in [5.41, 5.74) is 2.87. The number of aryl methyl sites for hydroxylation is 1. The molecular formula is C12H9Cl2N3. The van der Waals surface area contributed by atoms with Crippen LogP contribution in [0.2, 0.25) is 5.02 Å². The monoisotopic (exact) mass is 265 g/mol. The predicted molar refractivity (Wildman–Crippen MR) is 67.6 cm³/mol. The second-order valence-corrected chi connectivity index (χ2v) is 4.28. The van der Waals surface area contributed by atoms with Gasteiger partial charge in [0.2, 0.25) is 0 Å². The van der Waals surface area contributed by atoms with Crippen molar-refractivity contribution < 1.29 is 0 Å². The van der Waals surface area contributed by atoms with Gasteiger partial charge in [-0.15, -0.1) is 11.6 Å². The van der Waals surface area contributed by atoms with Crippen LogP contribution in [0, 0.1) is 18.3 Å².